The molecule has 2 nitrogen and oxygen atoms in total. The lowest BCUT2D eigenvalue weighted by Gasteiger charge is -2.19. The summed E-state index contributed by atoms with van der Waals surface area (Å²) in [5.74, 6) is 0.920. The number of nitrogens with two attached hydrogens (primary N) is 2. The first kappa shape index (κ1) is 44.2. The molecule has 0 amide bonds. The summed E-state index contributed by atoms with van der Waals surface area (Å²) in [5.41, 5.74) is 22.5. The highest BCUT2D eigenvalue weighted by molar-refractivity contribution is 5.44. The van der Waals surface area contributed by atoms with Crippen molar-refractivity contribution in [3.63, 3.8) is 0 Å². The highest BCUT2D eigenvalue weighted by Crippen LogP contribution is 2.33. The Balaban J connectivity index is 1.11. The number of anilines is 2. The van der Waals surface area contributed by atoms with Crippen LogP contribution in [0.4, 0.5) is 11.4 Å². The largest absolute Gasteiger partial charge is 0.399 e. The van der Waals surface area contributed by atoms with Crippen LogP contribution in [0.5, 0.6) is 0 Å². The summed E-state index contributed by atoms with van der Waals surface area (Å²) in [5, 5.41) is 0. The van der Waals surface area contributed by atoms with E-state index in [4.69, 9.17) is 11.5 Å². The van der Waals surface area contributed by atoms with Crippen LogP contribution in [0.25, 0.3) is 0 Å². The fourth-order valence-corrected chi connectivity index (χ4v) is 8.49. The van der Waals surface area contributed by atoms with Crippen LogP contribution < -0.4 is 11.5 Å². The lowest BCUT2D eigenvalue weighted by molar-refractivity contribution is 0.558. The minimum atomic E-state index is 0.460. The topological polar surface area (TPSA) is 52.0 Å². The molecule has 0 aromatic heterocycles. The average Bonchev–Trinajstić information content (AvgIpc) is 3.21. The average molecular weight is 743 g/mol. The lowest BCUT2D eigenvalue weighted by Crippen LogP contribution is -2.02. The van der Waals surface area contributed by atoms with E-state index in [0.717, 1.165) is 11.4 Å². The predicted molar refractivity (Wildman–Crippen MR) is 243 cm³/mol. The van der Waals surface area contributed by atoms with Gasteiger partial charge in [0.15, 0.2) is 0 Å². The van der Waals surface area contributed by atoms with Gasteiger partial charge in [-0.15, -0.1) is 0 Å². The molecule has 4 aromatic carbocycles. The second-order valence-corrected chi connectivity index (χ2v) is 16.7. The zero-order valence-corrected chi connectivity index (χ0v) is 35.2. The third-order valence-electron chi connectivity index (χ3n) is 12.1. The van der Waals surface area contributed by atoms with E-state index in [2.05, 4.69) is 111 Å². The number of hydrogen-bond donors (Lipinski definition) is 2. The first-order valence-corrected chi connectivity index (χ1v) is 23.0. The molecule has 0 aliphatic heterocycles. The summed E-state index contributed by atoms with van der Waals surface area (Å²) < 4.78 is 0. The smallest absolute Gasteiger partial charge is 0.0314 e. The van der Waals surface area contributed by atoms with Crippen molar-refractivity contribution in [2.75, 3.05) is 11.5 Å². The van der Waals surface area contributed by atoms with E-state index in [0.29, 0.717) is 11.8 Å². The first-order chi connectivity index (χ1) is 27.1. The Labute approximate surface area is 338 Å². The Morgan fingerprint density at radius 1 is 0.309 bits per heavy atom. The van der Waals surface area contributed by atoms with Crippen molar-refractivity contribution in [1.82, 2.24) is 0 Å². The quantitative estimate of drug-likeness (QED) is 0.0413. The molecule has 2 atom stereocenters. The Morgan fingerprint density at radius 2 is 0.564 bits per heavy atom. The predicted octanol–water partition coefficient (Wildman–Crippen LogP) is 15.9. The Morgan fingerprint density at radius 3 is 0.873 bits per heavy atom. The van der Waals surface area contributed by atoms with E-state index in [-0.39, 0.29) is 0 Å². The molecular formula is C53H78N2. The van der Waals surface area contributed by atoms with Gasteiger partial charge in [0, 0.05) is 23.2 Å². The Kier molecular flexibility index (Phi) is 21.8. The van der Waals surface area contributed by atoms with Gasteiger partial charge in [-0.05, 0) is 96.2 Å². The Hall–Kier alpha value is -3.52. The van der Waals surface area contributed by atoms with Gasteiger partial charge in [-0.2, -0.15) is 0 Å². The second kappa shape index (κ2) is 27.1. The van der Waals surface area contributed by atoms with Crippen LogP contribution in [-0.4, -0.2) is 0 Å². The van der Waals surface area contributed by atoms with Gasteiger partial charge >= 0.3 is 0 Å². The van der Waals surface area contributed by atoms with E-state index in [1.54, 1.807) is 0 Å². The maximum Gasteiger partial charge on any atom is 0.0314 e. The van der Waals surface area contributed by atoms with Gasteiger partial charge in [-0.3, -0.25) is 0 Å². The molecule has 4 rings (SSSR count). The number of hydrogen-bond acceptors (Lipinski definition) is 2. The van der Waals surface area contributed by atoms with Crippen LogP contribution in [0.15, 0.2) is 97.1 Å². The molecule has 0 heterocycles. The van der Waals surface area contributed by atoms with Gasteiger partial charge < -0.3 is 11.5 Å². The van der Waals surface area contributed by atoms with Crippen LogP contribution >= 0.6 is 0 Å². The van der Waals surface area contributed by atoms with E-state index in [9.17, 15) is 0 Å². The first-order valence-electron chi connectivity index (χ1n) is 23.0. The van der Waals surface area contributed by atoms with Crippen molar-refractivity contribution in [2.24, 2.45) is 0 Å². The molecule has 0 spiro atoms. The molecular weight excluding hydrogens is 665 g/mol. The molecule has 300 valence electrons. The van der Waals surface area contributed by atoms with Crippen LogP contribution in [0.2, 0.25) is 0 Å². The van der Waals surface area contributed by atoms with Gasteiger partial charge in [-0.1, -0.05) is 209 Å². The van der Waals surface area contributed by atoms with Crippen molar-refractivity contribution < 1.29 is 0 Å². The van der Waals surface area contributed by atoms with Crippen LogP contribution in [0.1, 0.15) is 207 Å². The summed E-state index contributed by atoms with van der Waals surface area (Å²) in [7, 11) is 0. The minimum Gasteiger partial charge on any atom is -0.399 e. The monoisotopic (exact) mass is 743 g/mol. The maximum atomic E-state index is 6.04. The van der Waals surface area contributed by atoms with Crippen molar-refractivity contribution in [1.29, 1.82) is 0 Å². The summed E-state index contributed by atoms with van der Waals surface area (Å²) in [6.07, 6.45) is 33.1. The number of rotatable bonds is 30. The van der Waals surface area contributed by atoms with Gasteiger partial charge in [0.25, 0.3) is 0 Å². The fraction of sp³-hybridized carbons (Fsp3) is 0.547. The van der Waals surface area contributed by atoms with Gasteiger partial charge in [-0.25, -0.2) is 0 Å². The lowest BCUT2D eigenvalue weighted by atomic mass is 9.86. The fourth-order valence-electron chi connectivity index (χ4n) is 8.49. The molecule has 0 aliphatic rings. The van der Waals surface area contributed by atoms with Gasteiger partial charge in [0.05, 0.1) is 0 Å². The molecule has 0 aliphatic carbocycles. The number of aryl methyl sites for hydroxylation is 2. The summed E-state index contributed by atoms with van der Waals surface area (Å²) in [4.78, 5) is 0. The third kappa shape index (κ3) is 17.4. The molecule has 0 saturated carbocycles. The molecule has 4 aromatic rings. The van der Waals surface area contributed by atoms with Crippen LogP contribution in [0.3, 0.4) is 0 Å². The standard InChI is InChI=1S/C53H78N2/c1-3-5-7-9-12-18-22-26-52(48-36-40-50(54)41-37-48)46-32-28-44(29-33-46)24-20-16-14-11-15-17-21-25-45-30-34-47(35-31-45)53(49-38-42-51(55)43-39-49)27-23-19-13-10-8-6-4-2/h28-43,52-53H,3-27,54-55H2,1-2H3. The molecule has 0 bridgehead atoms. The van der Waals surface area contributed by atoms with Crippen molar-refractivity contribution in [2.45, 2.75) is 186 Å². The Bertz CT molecular complexity index is 1390. The van der Waals surface area contributed by atoms with Gasteiger partial charge in [0.1, 0.15) is 0 Å². The molecule has 0 radical (unpaired) electrons. The molecule has 2 unspecified atom stereocenters. The second-order valence-electron chi connectivity index (χ2n) is 16.7. The SMILES string of the molecule is CCCCCCCCCC(c1ccc(N)cc1)c1ccc(CCCCCCCCCc2ccc(C(CCCCCCCCC)c3ccc(N)cc3)cc2)cc1. The van der Waals surface area contributed by atoms with E-state index < -0.39 is 0 Å². The maximum absolute atomic E-state index is 6.04. The molecule has 0 saturated heterocycles. The highest BCUT2D eigenvalue weighted by Gasteiger charge is 2.16. The van der Waals surface area contributed by atoms with Crippen molar-refractivity contribution >= 4 is 11.4 Å². The van der Waals surface area contributed by atoms with Crippen LogP contribution in [-0.2, 0) is 12.8 Å². The zero-order valence-electron chi connectivity index (χ0n) is 35.2. The van der Waals surface area contributed by atoms with Crippen molar-refractivity contribution in [3.05, 3.63) is 130 Å². The number of benzene rings is 4. The highest BCUT2D eigenvalue weighted by atomic mass is 14.5. The zero-order chi connectivity index (χ0) is 38.8. The normalized spacial score (nSPS) is 12.5. The number of unbranched alkanes of at least 4 members (excludes halogenated alkanes) is 18. The van der Waals surface area contributed by atoms with E-state index in [1.165, 1.54) is 194 Å². The summed E-state index contributed by atoms with van der Waals surface area (Å²) in [6, 6.07) is 36.4. The minimum absolute atomic E-state index is 0.460. The molecule has 0 fully saturated rings. The summed E-state index contributed by atoms with van der Waals surface area (Å²) >= 11 is 0. The number of nitrogen functional groups attached to an aromatic ring is 2. The molecule has 55 heavy (non-hydrogen) atoms. The van der Waals surface area contributed by atoms with Crippen molar-refractivity contribution in [3.8, 4) is 0 Å². The third-order valence-corrected chi connectivity index (χ3v) is 12.1. The van der Waals surface area contributed by atoms with E-state index in [1.807, 2.05) is 0 Å². The van der Waals surface area contributed by atoms with Crippen LogP contribution in [0, 0.1) is 0 Å². The van der Waals surface area contributed by atoms with Gasteiger partial charge in [0.2, 0.25) is 0 Å². The van der Waals surface area contributed by atoms with E-state index >= 15 is 0 Å². The summed E-state index contributed by atoms with van der Waals surface area (Å²) in [6.45, 7) is 4.59. The molecule has 4 N–H and O–H groups in total. The molecule has 2 heteroatoms.